The number of hydrogen-bond acceptors (Lipinski definition) is 7. The third-order valence-electron chi connectivity index (χ3n) is 4.86. The van der Waals surface area contributed by atoms with Crippen LogP contribution in [0.4, 0.5) is 5.69 Å². The van der Waals surface area contributed by atoms with Gasteiger partial charge in [-0.15, -0.1) is 0 Å². The van der Waals surface area contributed by atoms with Crippen molar-refractivity contribution in [1.29, 1.82) is 0 Å². The van der Waals surface area contributed by atoms with Crippen molar-refractivity contribution in [2.45, 2.75) is 6.54 Å². The number of nitrogens with one attached hydrogen (secondary N) is 1. The van der Waals surface area contributed by atoms with E-state index in [0.29, 0.717) is 28.2 Å². The molecular formula is C22H17Cl2N5O4. The molecule has 0 fully saturated rings. The van der Waals surface area contributed by atoms with E-state index in [9.17, 15) is 9.59 Å². The van der Waals surface area contributed by atoms with Crippen LogP contribution in [0.15, 0.2) is 49.2 Å². The monoisotopic (exact) mass is 485 g/mol. The normalized spacial score (nSPS) is 10.8. The number of methoxy groups -OCH3 is 2. The second-order valence-corrected chi connectivity index (χ2v) is 7.61. The number of rotatable bonds is 7. The lowest BCUT2D eigenvalue weighted by molar-refractivity contribution is -0.112. The summed E-state index contributed by atoms with van der Waals surface area (Å²) in [5.74, 6) is -0.690. The average molecular weight is 486 g/mol. The maximum atomic E-state index is 13.1. The van der Waals surface area contributed by atoms with Crippen molar-refractivity contribution in [1.82, 2.24) is 19.5 Å². The van der Waals surface area contributed by atoms with Crippen LogP contribution in [0.2, 0.25) is 10.0 Å². The van der Waals surface area contributed by atoms with Crippen molar-refractivity contribution in [3.05, 3.63) is 70.5 Å². The molecule has 9 nitrogen and oxygen atoms in total. The van der Waals surface area contributed by atoms with Gasteiger partial charge in [0.05, 0.1) is 42.1 Å². The summed E-state index contributed by atoms with van der Waals surface area (Å²) in [5, 5.41) is 3.20. The van der Waals surface area contributed by atoms with Gasteiger partial charge in [-0.3, -0.25) is 19.6 Å². The summed E-state index contributed by atoms with van der Waals surface area (Å²) in [5.41, 5.74) is 1.34. The summed E-state index contributed by atoms with van der Waals surface area (Å²) in [6.45, 7) is 0.227. The molecule has 4 rings (SSSR count). The standard InChI is InChI=1S/C22H17Cl2N5O4/c1-32-17-5-7-26-16(20(17)33-2)11-29-10-13(12-4-3-6-27-21(12)29)19(30)22(31)28-18-14(23)8-25-9-15(18)24/h3-10H,11H2,1-2H3,(H,25,28,31). The zero-order valence-corrected chi connectivity index (χ0v) is 19.0. The molecule has 0 unspecified atom stereocenters. The number of hydrogen-bond donors (Lipinski definition) is 1. The molecule has 4 aromatic rings. The molecule has 0 aliphatic carbocycles. The summed E-state index contributed by atoms with van der Waals surface area (Å²) in [7, 11) is 3.05. The van der Waals surface area contributed by atoms with Crippen LogP contribution in [0.1, 0.15) is 16.1 Å². The van der Waals surface area contributed by atoms with Crippen LogP contribution in [0, 0.1) is 0 Å². The van der Waals surface area contributed by atoms with E-state index in [4.69, 9.17) is 32.7 Å². The van der Waals surface area contributed by atoms with Gasteiger partial charge in [-0.25, -0.2) is 4.98 Å². The van der Waals surface area contributed by atoms with Crippen LogP contribution in [0.3, 0.4) is 0 Å². The smallest absolute Gasteiger partial charge is 0.296 e. The van der Waals surface area contributed by atoms with Crippen LogP contribution < -0.4 is 14.8 Å². The fourth-order valence-electron chi connectivity index (χ4n) is 3.37. The third kappa shape index (κ3) is 4.33. The SMILES string of the molecule is COc1ccnc(Cn2cc(C(=O)C(=O)Nc3c(Cl)cncc3Cl)c3cccnc32)c1OC. The maximum Gasteiger partial charge on any atom is 0.296 e. The van der Waals surface area contributed by atoms with Gasteiger partial charge in [0.15, 0.2) is 11.5 Å². The lowest BCUT2D eigenvalue weighted by Gasteiger charge is -2.12. The van der Waals surface area contributed by atoms with Gasteiger partial charge in [-0.2, -0.15) is 0 Å². The van der Waals surface area contributed by atoms with Gasteiger partial charge in [0, 0.05) is 42.4 Å². The summed E-state index contributed by atoms with van der Waals surface area (Å²) < 4.78 is 12.5. The summed E-state index contributed by atoms with van der Waals surface area (Å²) >= 11 is 12.1. The molecule has 0 spiro atoms. The molecule has 1 amide bonds. The topological polar surface area (TPSA) is 108 Å². The van der Waals surface area contributed by atoms with E-state index in [-0.39, 0.29) is 27.8 Å². The van der Waals surface area contributed by atoms with E-state index in [1.54, 1.807) is 41.4 Å². The Hall–Kier alpha value is -3.69. The van der Waals surface area contributed by atoms with Gasteiger partial charge in [-0.05, 0) is 12.1 Å². The predicted molar refractivity (Wildman–Crippen MR) is 123 cm³/mol. The molecule has 33 heavy (non-hydrogen) atoms. The number of anilines is 1. The van der Waals surface area contributed by atoms with Crippen molar-refractivity contribution in [2.24, 2.45) is 0 Å². The molecule has 0 aromatic carbocycles. The van der Waals surface area contributed by atoms with Crippen LogP contribution in [-0.2, 0) is 11.3 Å². The Kier molecular flexibility index (Phi) is 6.43. The van der Waals surface area contributed by atoms with E-state index in [0.717, 1.165) is 0 Å². The first-order valence-corrected chi connectivity index (χ1v) is 10.3. The second kappa shape index (κ2) is 9.43. The lowest BCUT2D eigenvalue weighted by Crippen LogP contribution is -2.23. The minimum Gasteiger partial charge on any atom is -0.493 e. The van der Waals surface area contributed by atoms with Gasteiger partial charge in [0.1, 0.15) is 11.3 Å². The number of ether oxygens (including phenoxy) is 2. The number of nitrogens with zero attached hydrogens (tertiary/aromatic N) is 4. The molecule has 0 radical (unpaired) electrons. The van der Waals surface area contributed by atoms with E-state index in [1.165, 1.54) is 26.6 Å². The van der Waals surface area contributed by atoms with Crippen LogP contribution >= 0.6 is 23.2 Å². The highest BCUT2D eigenvalue weighted by Crippen LogP contribution is 2.31. The number of ketones is 1. The summed E-state index contributed by atoms with van der Waals surface area (Å²) in [6.07, 6.45) is 7.38. The van der Waals surface area contributed by atoms with Gasteiger partial charge in [0.2, 0.25) is 0 Å². The van der Waals surface area contributed by atoms with Crippen molar-refractivity contribution in [3.8, 4) is 11.5 Å². The molecule has 4 aromatic heterocycles. The molecule has 0 atom stereocenters. The van der Waals surface area contributed by atoms with E-state index >= 15 is 0 Å². The minimum atomic E-state index is -0.898. The first-order chi connectivity index (χ1) is 15.9. The molecule has 0 bridgehead atoms. The van der Waals surface area contributed by atoms with Crippen LogP contribution in [-0.4, -0.2) is 45.4 Å². The Balaban J connectivity index is 1.71. The molecule has 168 valence electrons. The minimum absolute atomic E-state index is 0.110. The average Bonchev–Trinajstić information content (AvgIpc) is 3.19. The number of carbonyl (C=O) groups is 2. The molecule has 0 saturated heterocycles. The van der Waals surface area contributed by atoms with Crippen LogP contribution in [0.5, 0.6) is 11.5 Å². The highest BCUT2D eigenvalue weighted by atomic mass is 35.5. The van der Waals surface area contributed by atoms with Crippen molar-refractivity contribution in [3.63, 3.8) is 0 Å². The number of halogens is 2. The quantitative estimate of drug-likeness (QED) is 0.311. The van der Waals surface area contributed by atoms with Crippen molar-refractivity contribution < 1.29 is 19.1 Å². The van der Waals surface area contributed by atoms with E-state index in [2.05, 4.69) is 20.3 Å². The number of Topliss-reactive ketones (excluding diaryl/α,β-unsaturated/α-hetero) is 1. The molecule has 0 aliphatic heterocycles. The lowest BCUT2D eigenvalue weighted by atomic mass is 10.1. The van der Waals surface area contributed by atoms with Crippen LogP contribution in [0.25, 0.3) is 11.0 Å². The second-order valence-electron chi connectivity index (χ2n) is 6.80. The predicted octanol–water partition coefficient (Wildman–Crippen LogP) is 4.02. The molecule has 1 N–H and O–H groups in total. The number of fused-ring (bicyclic) bond motifs is 1. The Morgan fingerprint density at radius 2 is 1.82 bits per heavy atom. The van der Waals surface area contributed by atoms with Crippen molar-refractivity contribution >= 4 is 51.6 Å². The fraction of sp³-hybridized carbons (Fsp3) is 0.136. The Bertz CT molecular complexity index is 1350. The third-order valence-corrected chi connectivity index (χ3v) is 5.44. The zero-order valence-electron chi connectivity index (χ0n) is 17.5. The first kappa shape index (κ1) is 22.5. The van der Waals surface area contributed by atoms with E-state index < -0.39 is 11.7 Å². The fourth-order valence-corrected chi connectivity index (χ4v) is 3.83. The maximum absolute atomic E-state index is 13.1. The molecular weight excluding hydrogens is 469 g/mol. The van der Waals surface area contributed by atoms with Gasteiger partial charge in [0.25, 0.3) is 11.7 Å². The van der Waals surface area contributed by atoms with Gasteiger partial charge < -0.3 is 19.4 Å². The molecule has 11 heteroatoms. The molecule has 0 aliphatic rings. The summed E-state index contributed by atoms with van der Waals surface area (Å²) in [4.78, 5) is 38.4. The Morgan fingerprint density at radius 3 is 2.52 bits per heavy atom. The summed E-state index contributed by atoms with van der Waals surface area (Å²) in [6, 6.07) is 5.08. The number of aromatic nitrogens is 4. The van der Waals surface area contributed by atoms with Gasteiger partial charge >= 0.3 is 0 Å². The number of pyridine rings is 3. The number of carbonyl (C=O) groups excluding carboxylic acids is 2. The number of amides is 1. The van der Waals surface area contributed by atoms with Crippen molar-refractivity contribution in [2.75, 3.05) is 19.5 Å². The molecule has 0 saturated carbocycles. The van der Waals surface area contributed by atoms with E-state index in [1.807, 2.05) is 0 Å². The largest absolute Gasteiger partial charge is 0.493 e. The zero-order chi connectivity index (χ0) is 23.5. The highest BCUT2D eigenvalue weighted by Gasteiger charge is 2.24. The molecule has 4 heterocycles. The van der Waals surface area contributed by atoms with Gasteiger partial charge in [-0.1, -0.05) is 23.2 Å². The Labute approximate surface area is 198 Å². The Morgan fingerprint density at radius 1 is 1.06 bits per heavy atom. The highest BCUT2D eigenvalue weighted by molar-refractivity contribution is 6.50. The first-order valence-electron chi connectivity index (χ1n) is 9.59.